The Hall–Kier alpha value is -1.10. The van der Waals surface area contributed by atoms with Crippen LogP contribution < -0.4 is 42.5 Å². The molecular weight excluding hydrogens is 2210 g/mol. The van der Waals surface area contributed by atoms with E-state index in [4.69, 9.17) is 0 Å². The van der Waals surface area contributed by atoms with Crippen LogP contribution in [-0.4, -0.2) is 264 Å². The smallest absolute Gasteiger partial charge is 0.256 e. The molecule has 3 aromatic rings. The second-order valence-electron chi connectivity index (χ2n) is 18.3. The molecule has 8 atom stereocenters. The topological polar surface area (TPSA) is 536 Å². The second kappa shape index (κ2) is 39.2. The summed E-state index contributed by atoms with van der Waals surface area (Å²) in [5, 5.41) is 160. The van der Waals surface area contributed by atoms with E-state index in [2.05, 4.69) is 42.5 Å². The minimum absolute atomic E-state index is 0.0159. The van der Waals surface area contributed by atoms with E-state index in [1.807, 2.05) is 0 Å². The van der Waals surface area contributed by atoms with E-state index >= 15 is 4.79 Å². The first kappa shape index (κ1) is 82.1. The molecule has 41 heteroatoms. The van der Waals surface area contributed by atoms with Gasteiger partial charge in [0.2, 0.25) is 0 Å². The summed E-state index contributed by atoms with van der Waals surface area (Å²) in [6.07, 6.45) is -13.9. The number of nitrogens with zero attached hydrogens (tertiary/aromatic N) is 1. The molecule has 0 bridgehead atoms. The Morgan fingerprint density at radius 3 is 0.719 bits per heavy atom. The summed E-state index contributed by atoms with van der Waals surface area (Å²) in [5.41, 5.74) is -2.49. The molecule has 3 rings (SSSR count). The number of amides is 9. The van der Waals surface area contributed by atoms with Crippen molar-refractivity contribution in [1.82, 2.24) is 31.5 Å². The van der Waals surface area contributed by atoms with E-state index in [1.54, 1.807) is 203 Å². The fraction of sp³-hybridized carbons (Fsp3) is 0.438. The third-order valence-electron chi connectivity index (χ3n) is 11.7. The van der Waals surface area contributed by atoms with E-state index < -0.39 is 193 Å². The molecule has 89 heavy (non-hydrogen) atoms. The van der Waals surface area contributed by atoms with Crippen molar-refractivity contribution in [3.8, 4) is 0 Å². The highest BCUT2D eigenvalue weighted by molar-refractivity contribution is 14.1. The van der Waals surface area contributed by atoms with Crippen LogP contribution in [-0.2, 0) is 14.4 Å². The first-order valence-corrected chi connectivity index (χ1v) is 34.8. The summed E-state index contributed by atoms with van der Waals surface area (Å²) >= 11 is 14.9. The number of hydrogen-bond donors (Lipinski definition) is 22. The van der Waals surface area contributed by atoms with E-state index in [-0.39, 0.29) is 77.0 Å². The largest absolute Gasteiger partial charge is 0.394 e. The number of carbonyl (C=O) groups excluding carboxylic acids is 9. The number of aliphatic hydroxyl groups excluding tert-OH is 14. The SMILES string of the molecule is O=C(NCC(O)CO)c1c(I)c(NC(=O)C(O)CO)c(I)c(C(=O)NCC(O)CN(CC(O)CNC(=O)c2c(I)c(NC(=O)C(O)CO)c(I)c(C(=O)NCC(O)CO)c2I)C(=O)c2c(I)c(NC(=O)C(O)CO)c(I)c(C(=O)NCC(O)CO)c2I)c1I. The fourth-order valence-corrected chi connectivity index (χ4v) is 20.3. The number of halogens is 9. The number of nitrogens with one attached hydrogen (secondary N) is 8. The molecule has 0 saturated heterocycles. The average Bonchev–Trinajstić information content (AvgIpc) is 1.57. The Balaban J connectivity index is 2.27. The lowest BCUT2D eigenvalue weighted by atomic mass is 10.1. The fourth-order valence-electron chi connectivity index (χ4n) is 7.10. The highest BCUT2D eigenvalue weighted by atomic mass is 127. The van der Waals surface area contributed by atoms with Crippen LogP contribution in [0.2, 0.25) is 0 Å². The first-order chi connectivity index (χ1) is 41.7. The molecule has 0 aliphatic heterocycles. The minimum Gasteiger partial charge on any atom is -0.394 e. The number of benzene rings is 3. The number of anilines is 3. The number of aliphatic hydroxyl groups is 14. The Labute approximate surface area is 627 Å². The van der Waals surface area contributed by atoms with Crippen molar-refractivity contribution in [3.05, 3.63) is 65.5 Å². The van der Waals surface area contributed by atoms with Crippen LogP contribution >= 0.6 is 203 Å². The summed E-state index contributed by atoms with van der Waals surface area (Å²) in [6.45, 7) is -10.1. The van der Waals surface area contributed by atoms with Crippen LogP contribution in [0.3, 0.4) is 0 Å². The predicted octanol–water partition coefficient (Wildman–Crippen LogP) is -3.72. The van der Waals surface area contributed by atoms with Gasteiger partial charge < -0.3 is 119 Å². The summed E-state index contributed by atoms with van der Waals surface area (Å²) < 4.78 is -0.487. The summed E-state index contributed by atoms with van der Waals surface area (Å²) in [4.78, 5) is 125. The van der Waals surface area contributed by atoms with Crippen molar-refractivity contribution in [3.63, 3.8) is 0 Å². The molecule has 32 nitrogen and oxygen atoms in total. The molecule has 3 aromatic carbocycles. The van der Waals surface area contributed by atoms with E-state index in [0.717, 1.165) is 4.90 Å². The van der Waals surface area contributed by atoms with Gasteiger partial charge in [-0.15, -0.1) is 0 Å². The molecule has 0 aliphatic carbocycles. The first-order valence-electron chi connectivity index (χ1n) is 25.0. The lowest BCUT2D eigenvalue weighted by Crippen LogP contribution is -2.48. The van der Waals surface area contributed by atoms with Gasteiger partial charge in [-0.25, -0.2) is 0 Å². The zero-order valence-corrected chi connectivity index (χ0v) is 64.5. The highest BCUT2D eigenvalue weighted by Gasteiger charge is 2.36. The quantitative estimate of drug-likeness (QED) is 0.0267. The third-order valence-corrected chi connectivity index (χ3v) is 21.5. The Morgan fingerprint density at radius 2 is 0.506 bits per heavy atom. The van der Waals surface area contributed by atoms with E-state index in [9.17, 15) is 110 Å². The zero-order valence-electron chi connectivity index (χ0n) is 45.1. The van der Waals surface area contributed by atoms with Crippen molar-refractivity contribution < 1.29 is 115 Å². The molecule has 9 amide bonds. The second-order valence-corrected chi connectivity index (χ2v) is 28.0. The Bertz CT molecular complexity index is 3020. The highest BCUT2D eigenvalue weighted by Crippen LogP contribution is 2.39. The van der Waals surface area contributed by atoms with Crippen LogP contribution in [0.4, 0.5) is 17.1 Å². The molecule has 8 unspecified atom stereocenters. The molecule has 0 spiro atoms. The number of carbonyl (C=O) groups is 9. The van der Waals surface area contributed by atoms with Gasteiger partial charge in [0, 0.05) is 56.5 Å². The molecule has 0 radical (unpaired) electrons. The monoisotopic (exact) mass is 2270 g/mol. The van der Waals surface area contributed by atoms with Gasteiger partial charge in [-0.1, -0.05) is 0 Å². The number of hydrogen-bond acceptors (Lipinski definition) is 23. The zero-order chi connectivity index (χ0) is 67.6. The summed E-state index contributed by atoms with van der Waals surface area (Å²) in [5.74, 6) is -9.47. The van der Waals surface area contributed by atoms with Gasteiger partial charge in [0.1, 0.15) is 0 Å². The predicted molar refractivity (Wildman–Crippen MR) is 388 cm³/mol. The van der Waals surface area contributed by atoms with Crippen LogP contribution in [0, 0.1) is 32.1 Å². The van der Waals surface area contributed by atoms with Crippen LogP contribution in [0.5, 0.6) is 0 Å². The maximum absolute atomic E-state index is 15.3. The Kier molecular flexibility index (Phi) is 36.2. The maximum Gasteiger partial charge on any atom is 0.256 e. The van der Waals surface area contributed by atoms with Crippen molar-refractivity contribution in [2.75, 3.05) is 101 Å². The summed E-state index contributed by atoms with van der Waals surface area (Å²) in [7, 11) is 0. The van der Waals surface area contributed by atoms with Crippen LogP contribution in [0.25, 0.3) is 0 Å². The van der Waals surface area contributed by atoms with Gasteiger partial charge in [-0.2, -0.15) is 0 Å². The van der Waals surface area contributed by atoms with E-state index in [0.29, 0.717) is 0 Å². The molecule has 0 aliphatic rings. The standard InChI is InChI=1S/C48H56I9N9O23/c49-28-22(31(52)37(63-40(81)19(78)11-70)33(54)24(28)45(86)60-3-16(75)8-67)43(84)58-1-14(73)6-66(48(89)27-30(51)26(47(88)62-5-18(77)10-69)35(56)39(36(27)57)65-42(83)21(80)13-72)7-15(74)2-59-44(85)23-29(50)25(46(87)61-4-17(76)9-68)34(55)38(32(23)53)64-41(82)20(79)12-71/h14-21,67-80H,1-13H2,(H,58,84)(H,59,85)(H,60,86)(H,61,87)(H,62,88)(H,63,81)(H,64,82)(H,65,83). The normalized spacial score (nSPS) is 14.0. The molecule has 494 valence electrons. The van der Waals surface area contributed by atoms with Crippen LogP contribution in [0.15, 0.2) is 0 Å². The minimum atomic E-state index is -2.03. The maximum atomic E-state index is 15.3. The average molecular weight is 2270 g/mol. The Morgan fingerprint density at radius 1 is 0.303 bits per heavy atom. The van der Waals surface area contributed by atoms with Gasteiger partial charge in [-0.3, -0.25) is 43.2 Å². The lowest BCUT2D eigenvalue weighted by molar-refractivity contribution is -0.126. The van der Waals surface area contributed by atoms with Gasteiger partial charge in [-0.05, 0) is 203 Å². The molecule has 0 saturated carbocycles. The number of rotatable bonds is 32. The molecule has 0 heterocycles. The van der Waals surface area contributed by atoms with Crippen molar-refractivity contribution in [1.29, 1.82) is 0 Å². The van der Waals surface area contributed by atoms with Gasteiger partial charge in [0.25, 0.3) is 53.2 Å². The molecule has 0 aromatic heterocycles. The molecule has 22 N–H and O–H groups in total. The van der Waals surface area contributed by atoms with Crippen molar-refractivity contribution >= 4 is 274 Å². The van der Waals surface area contributed by atoms with Crippen molar-refractivity contribution in [2.24, 2.45) is 0 Å². The van der Waals surface area contributed by atoms with Gasteiger partial charge in [0.05, 0.1) is 142 Å². The molecule has 0 fully saturated rings. The van der Waals surface area contributed by atoms with E-state index in [1.165, 1.54) is 0 Å². The van der Waals surface area contributed by atoms with Crippen LogP contribution in [0.1, 0.15) is 62.1 Å². The van der Waals surface area contributed by atoms with Gasteiger partial charge >= 0.3 is 0 Å². The van der Waals surface area contributed by atoms with Gasteiger partial charge in [0.15, 0.2) is 18.3 Å². The third kappa shape index (κ3) is 22.2. The lowest BCUT2D eigenvalue weighted by Gasteiger charge is -2.30. The summed E-state index contributed by atoms with van der Waals surface area (Å²) in [6, 6.07) is 0. The van der Waals surface area contributed by atoms with Crippen molar-refractivity contribution in [2.45, 2.75) is 48.8 Å². The molecular formula is C48H56I9N9O23.